The van der Waals surface area contributed by atoms with Gasteiger partial charge in [0.2, 0.25) is 0 Å². The summed E-state index contributed by atoms with van der Waals surface area (Å²) in [6.45, 7) is 7.46. The highest BCUT2D eigenvalue weighted by molar-refractivity contribution is 4.88. The van der Waals surface area contributed by atoms with Crippen molar-refractivity contribution >= 4 is 0 Å². The lowest BCUT2D eigenvalue weighted by Gasteiger charge is -2.41. The predicted molar refractivity (Wildman–Crippen MR) is 66.7 cm³/mol. The van der Waals surface area contributed by atoms with Crippen LogP contribution in [0, 0.1) is 5.41 Å². The van der Waals surface area contributed by atoms with E-state index >= 15 is 0 Å². The second-order valence-electron chi connectivity index (χ2n) is 5.40. The van der Waals surface area contributed by atoms with E-state index in [2.05, 4.69) is 17.6 Å². The summed E-state index contributed by atoms with van der Waals surface area (Å²) in [6, 6.07) is 0.570. The Morgan fingerprint density at radius 1 is 1.44 bits per heavy atom. The van der Waals surface area contributed by atoms with Crippen LogP contribution in [0.4, 0.5) is 0 Å². The molecule has 1 heterocycles. The normalized spacial score (nSPS) is 28.7. The fourth-order valence-corrected chi connectivity index (χ4v) is 2.77. The molecule has 0 aromatic rings. The zero-order chi connectivity index (χ0) is 11.3. The first kappa shape index (κ1) is 12.3. The molecule has 3 nitrogen and oxygen atoms in total. The molecular formula is C13H26N2O. The maximum atomic E-state index is 5.44. The molecule has 0 bridgehead atoms. The van der Waals surface area contributed by atoms with Gasteiger partial charge in [-0.15, -0.1) is 0 Å². The molecule has 94 valence electrons. The summed E-state index contributed by atoms with van der Waals surface area (Å²) in [4.78, 5) is 0. The Bertz CT molecular complexity index is 193. The minimum atomic E-state index is 0.570. The van der Waals surface area contributed by atoms with Crippen molar-refractivity contribution in [1.29, 1.82) is 0 Å². The first-order chi connectivity index (χ1) is 7.85. The first-order valence-corrected chi connectivity index (χ1v) is 6.86. The second-order valence-corrected chi connectivity index (χ2v) is 5.40. The number of ether oxygens (including phenoxy) is 1. The van der Waals surface area contributed by atoms with Crippen molar-refractivity contribution in [1.82, 2.24) is 10.6 Å². The summed E-state index contributed by atoms with van der Waals surface area (Å²) >= 11 is 0. The lowest BCUT2D eigenvalue weighted by atomic mass is 9.67. The summed E-state index contributed by atoms with van der Waals surface area (Å²) in [7, 11) is 0. The second kappa shape index (κ2) is 5.99. The Kier molecular flexibility index (Phi) is 4.62. The molecule has 0 aromatic heterocycles. The molecule has 2 rings (SSSR count). The number of hydrogen-bond donors (Lipinski definition) is 2. The van der Waals surface area contributed by atoms with E-state index in [4.69, 9.17) is 4.74 Å². The standard InChI is InChI=1S/C13H26N2O/c1-2-13(5-3-6-13)11-14-7-4-12-10-16-9-8-15-12/h12,14-15H,2-11H2,1H3. The molecule has 1 unspecified atom stereocenters. The summed E-state index contributed by atoms with van der Waals surface area (Å²) in [5.41, 5.74) is 0.649. The maximum absolute atomic E-state index is 5.44. The van der Waals surface area contributed by atoms with Gasteiger partial charge in [-0.05, 0) is 37.6 Å². The molecule has 0 amide bonds. The van der Waals surface area contributed by atoms with Gasteiger partial charge in [0.15, 0.2) is 0 Å². The molecule has 2 fully saturated rings. The van der Waals surface area contributed by atoms with Crippen LogP contribution >= 0.6 is 0 Å². The third-order valence-electron chi connectivity index (χ3n) is 4.33. The Morgan fingerprint density at radius 3 is 2.88 bits per heavy atom. The summed E-state index contributed by atoms with van der Waals surface area (Å²) in [6.07, 6.45) is 6.83. The Labute approximate surface area is 99.3 Å². The number of morpholine rings is 1. The molecule has 1 saturated carbocycles. The molecule has 0 spiro atoms. The smallest absolute Gasteiger partial charge is 0.0620 e. The van der Waals surface area contributed by atoms with Crippen molar-refractivity contribution in [2.24, 2.45) is 5.41 Å². The SMILES string of the molecule is CCC1(CNCCC2COCCN2)CCC1. The largest absolute Gasteiger partial charge is 0.379 e. The molecule has 1 saturated heterocycles. The van der Waals surface area contributed by atoms with Gasteiger partial charge in [-0.3, -0.25) is 0 Å². The van der Waals surface area contributed by atoms with Crippen LogP contribution in [-0.4, -0.2) is 38.9 Å². The van der Waals surface area contributed by atoms with Crippen LogP contribution in [0.5, 0.6) is 0 Å². The predicted octanol–water partition coefficient (Wildman–Crippen LogP) is 1.53. The van der Waals surface area contributed by atoms with Crippen molar-refractivity contribution in [3.05, 3.63) is 0 Å². The van der Waals surface area contributed by atoms with Crippen molar-refractivity contribution in [2.45, 2.75) is 45.1 Å². The fourth-order valence-electron chi connectivity index (χ4n) is 2.77. The molecule has 2 aliphatic rings. The molecule has 0 aromatic carbocycles. The van der Waals surface area contributed by atoms with Crippen LogP contribution in [0.3, 0.4) is 0 Å². The van der Waals surface area contributed by atoms with Crippen LogP contribution in [0.25, 0.3) is 0 Å². The quantitative estimate of drug-likeness (QED) is 0.674. The van der Waals surface area contributed by atoms with E-state index in [1.807, 2.05) is 0 Å². The lowest BCUT2D eigenvalue weighted by Crippen LogP contribution is -2.44. The van der Waals surface area contributed by atoms with Crippen molar-refractivity contribution in [2.75, 3.05) is 32.8 Å². The fraction of sp³-hybridized carbons (Fsp3) is 1.00. The van der Waals surface area contributed by atoms with Gasteiger partial charge in [0.25, 0.3) is 0 Å². The molecule has 1 aliphatic heterocycles. The van der Waals surface area contributed by atoms with E-state index in [-0.39, 0.29) is 0 Å². The Hall–Kier alpha value is -0.120. The number of rotatable bonds is 6. The molecule has 16 heavy (non-hydrogen) atoms. The van der Waals surface area contributed by atoms with Gasteiger partial charge in [0.05, 0.1) is 13.2 Å². The van der Waals surface area contributed by atoms with E-state index in [1.165, 1.54) is 38.6 Å². The monoisotopic (exact) mass is 226 g/mol. The molecule has 0 radical (unpaired) electrons. The van der Waals surface area contributed by atoms with E-state index in [0.29, 0.717) is 11.5 Å². The van der Waals surface area contributed by atoms with E-state index < -0.39 is 0 Å². The minimum absolute atomic E-state index is 0.570. The third kappa shape index (κ3) is 3.19. The van der Waals surface area contributed by atoms with Gasteiger partial charge in [-0.1, -0.05) is 13.3 Å². The molecular weight excluding hydrogens is 200 g/mol. The maximum Gasteiger partial charge on any atom is 0.0620 e. The first-order valence-electron chi connectivity index (χ1n) is 6.86. The van der Waals surface area contributed by atoms with Gasteiger partial charge in [-0.2, -0.15) is 0 Å². The van der Waals surface area contributed by atoms with Crippen LogP contribution in [0.1, 0.15) is 39.0 Å². The molecule has 3 heteroatoms. The van der Waals surface area contributed by atoms with Gasteiger partial charge >= 0.3 is 0 Å². The van der Waals surface area contributed by atoms with Crippen molar-refractivity contribution < 1.29 is 4.74 Å². The van der Waals surface area contributed by atoms with Crippen LogP contribution < -0.4 is 10.6 Å². The zero-order valence-electron chi connectivity index (χ0n) is 10.6. The van der Waals surface area contributed by atoms with E-state index in [1.54, 1.807) is 0 Å². The summed E-state index contributed by atoms with van der Waals surface area (Å²) in [5, 5.41) is 7.12. The number of hydrogen-bond acceptors (Lipinski definition) is 3. The van der Waals surface area contributed by atoms with Gasteiger partial charge in [0, 0.05) is 19.1 Å². The summed E-state index contributed by atoms with van der Waals surface area (Å²) < 4.78 is 5.44. The van der Waals surface area contributed by atoms with Crippen molar-refractivity contribution in [3.8, 4) is 0 Å². The number of nitrogens with one attached hydrogen (secondary N) is 2. The molecule has 2 N–H and O–H groups in total. The zero-order valence-corrected chi connectivity index (χ0v) is 10.6. The topological polar surface area (TPSA) is 33.3 Å². The van der Waals surface area contributed by atoms with Gasteiger partial charge in [0.1, 0.15) is 0 Å². The highest BCUT2D eigenvalue weighted by atomic mass is 16.5. The Morgan fingerprint density at radius 2 is 2.31 bits per heavy atom. The van der Waals surface area contributed by atoms with E-state index in [0.717, 1.165) is 26.3 Å². The average molecular weight is 226 g/mol. The van der Waals surface area contributed by atoms with Gasteiger partial charge in [-0.25, -0.2) is 0 Å². The molecule has 1 aliphatic carbocycles. The third-order valence-corrected chi connectivity index (χ3v) is 4.33. The highest BCUT2D eigenvalue weighted by Crippen LogP contribution is 2.42. The summed E-state index contributed by atoms with van der Waals surface area (Å²) in [5.74, 6) is 0. The van der Waals surface area contributed by atoms with Crippen molar-refractivity contribution in [3.63, 3.8) is 0 Å². The van der Waals surface area contributed by atoms with Crippen LogP contribution in [-0.2, 0) is 4.74 Å². The van der Waals surface area contributed by atoms with Gasteiger partial charge < -0.3 is 15.4 Å². The lowest BCUT2D eigenvalue weighted by molar-refractivity contribution is 0.0728. The van der Waals surface area contributed by atoms with Crippen LogP contribution in [0.15, 0.2) is 0 Å². The van der Waals surface area contributed by atoms with E-state index in [9.17, 15) is 0 Å². The molecule has 1 atom stereocenters. The Balaban J connectivity index is 1.54. The minimum Gasteiger partial charge on any atom is -0.379 e. The van der Waals surface area contributed by atoms with Crippen LogP contribution in [0.2, 0.25) is 0 Å². The highest BCUT2D eigenvalue weighted by Gasteiger charge is 2.34. The average Bonchev–Trinajstić information content (AvgIpc) is 2.29.